The largest absolute Gasteiger partial charge is 0.393 e. The Morgan fingerprint density at radius 3 is 2.82 bits per heavy atom. The molecule has 0 heterocycles. The minimum Gasteiger partial charge on any atom is -0.393 e. The smallest absolute Gasteiger partial charge is 0.0543 e. The van der Waals surface area contributed by atoms with Gasteiger partial charge in [0.25, 0.3) is 0 Å². The second kappa shape index (κ2) is 7.88. The Morgan fingerprint density at radius 2 is 2.18 bits per heavy atom. The van der Waals surface area contributed by atoms with Gasteiger partial charge in [0, 0.05) is 6.04 Å². The van der Waals surface area contributed by atoms with Gasteiger partial charge in [0.2, 0.25) is 0 Å². The van der Waals surface area contributed by atoms with Gasteiger partial charge in [-0.3, -0.25) is 0 Å². The molecule has 3 atom stereocenters. The summed E-state index contributed by atoms with van der Waals surface area (Å²) in [6.07, 6.45) is 9.12. The fourth-order valence-corrected chi connectivity index (χ4v) is 2.54. The fraction of sp³-hybridized carbons (Fsp3) is 0.867. The van der Waals surface area contributed by atoms with E-state index in [0.717, 1.165) is 19.4 Å². The molecule has 0 aromatic rings. The van der Waals surface area contributed by atoms with Crippen LogP contribution in [0.3, 0.4) is 0 Å². The van der Waals surface area contributed by atoms with Crippen molar-refractivity contribution < 1.29 is 5.11 Å². The molecule has 2 heteroatoms. The number of allylic oxidation sites excluding steroid dienone is 2. The summed E-state index contributed by atoms with van der Waals surface area (Å²) in [5, 5.41) is 13.2. The number of aliphatic hydroxyl groups is 1. The van der Waals surface area contributed by atoms with E-state index in [1.807, 2.05) is 0 Å². The van der Waals surface area contributed by atoms with E-state index in [4.69, 9.17) is 0 Å². The lowest BCUT2D eigenvalue weighted by molar-refractivity contribution is 0.0997. The first-order valence-electron chi connectivity index (χ1n) is 7.12. The summed E-state index contributed by atoms with van der Waals surface area (Å²) in [4.78, 5) is 0. The van der Waals surface area contributed by atoms with E-state index in [1.165, 1.54) is 31.3 Å². The topological polar surface area (TPSA) is 32.3 Å². The molecule has 1 rings (SSSR count). The molecule has 17 heavy (non-hydrogen) atoms. The van der Waals surface area contributed by atoms with Gasteiger partial charge in [0.1, 0.15) is 0 Å². The minimum absolute atomic E-state index is 0.0449. The summed E-state index contributed by atoms with van der Waals surface area (Å²) in [6, 6.07) is 0.588. The van der Waals surface area contributed by atoms with Crippen molar-refractivity contribution in [2.45, 2.75) is 71.4 Å². The van der Waals surface area contributed by atoms with Crippen LogP contribution in [0.15, 0.2) is 11.6 Å². The molecule has 2 nitrogen and oxygen atoms in total. The molecule has 1 fully saturated rings. The summed E-state index contributed by atoms with van der Waals surface area (Å²) in [7, 11) is 0. The molecule has 0 aromatic heterocycles. The Bertz CT molecular complexity index is 233. The number of rotatable bonds is 6. The predicted octanol–water partition coefficient (Wildman–Crippen LogP) is 3.26. The molecule has 0 radical (unpaired) electrons. The SMILES string of the molecule is CC(C)=CCCC(C)NCC1CCCC(O)C1. The van der Waals surface area contributed by atoms with Crippen LogP contribution in [0.1, 0.15) is 59.3 Å². The lowest BCUT2D eigenvalue weighted by Crippen LogP contribution is -2.34. The van der Waals surface area contributed by atoms with Crippen LogP contribution < -0.4 is 5.32 Å². The molecule has 0 spiro atoms. The third-order valence-corrected chi connectivity index (χ3v) is 3.66. The van der Waals surface area contributed by atoms with E-state index in [0.29, 0.717) is 12.0 Å². The predicted molar refractivity (Wildman–Crippen MR) is 74.1 cm³/mol. The Balaban J connectivity index is 2.10. The van der Waals surface area contributed by atoms with Gasteiger partial charge in [-0.05, 0) is 65.3 Å². The molecule has 1 aliphatic carbocycles. The minimum atomic E-state index is -0.0449. The average molecular weight is 239 g/mol. The van der Waals surface area contributed by atoms with E-state index in [-0.39, 0.29) is 6.10 Å². The van der Waals surface area contributed by atoms with Gasteiger partial charge < -0.3 is 10.4 Å². The standard InChI is InChI=1S/C15H29NO/c1-12(2)6-4-7-13(3)16-11-14-8-5-9-15(17)10-14/h6,13-17H,4-5,7-11H2,1-3H3. The van der Waals surface area contributed by atoms with Gasteiger partial charge >= 0.3 is 0 Å². The summed E-state index contributed by atoms with van der Waals surface area (Å²) < 4.78 is 0. The van der Waals surface area contributed by atoms with Crippen molar-refractivity contribution in [3.8, 4) is 0 Å². The van der Waals surface area contributed by atoms with Crippen LogP contribution in [-0.4, -0.2) is 23.8 Å². The zero-order valence-corrected chi connectivity index (χ0v) is 11.7. The van der Waals surface area contributed by atoms with Crippen LogP contribution >= 0.6 is 0 Å². The average Bonchev–Trinajstić information content (AvgIpc) is 2.26. The van der Waals surface area contributed by atoms with Crippen molar-refractivity contribution in [3.63, 3.8) is 0 Å². The Hall–Kier alpha value is -0.340. The highest BCUT2D eigenvalue weighted by Gasteiger charge is 2.20. The van der Waals surface area contributed by atoms with Crippen LogP contribution in [0.5, 0.6) is 0 Å². The maximum atomic E-state index is 9.61. The van der Waals surface area contributed by atoms with Gasteiger partial charge in [-0.1, -0.05) is 18.1 Å². The molecule has 3 unspecified atom stereocenters. The molecular formula is C15H29NO. The van der Waals surface area contributed by atoms with Crippen molar-refractivity contribution in [1.82, 2.24) is 5.32 Å². The highest BCUT2D eigenvalue weighted by Crippen LogP contribution is 2.23. The fourth-order valence-electron chi connectivity index (χ4n) is 2.54. The van der Waals surface area contributed by atoms with E-state index in [2.05, 4.69) is 32.2 Å². The molecule has 0 amide bonds. The molecular weight excluding hydrogens is 210 g/mol. The maximum absolute atomic E-state index is 9.61. The molecule has 0 saturated heterocycles. The molecule has 2 N–H and O–H groups in total. The lowest BCUT2D eigenvalue weighted by Gasteiger charge is -2.27. The Kier molecular flexibility index (Phi) is 6.83. The first-order chi connectivity index (χ1) is 8.08. The van der Waals surface area contributed by atoms with E-state index >= 15 is 0 Å². The molecule has 1 aliphatic rings. The van der Waals surface area contributed by atoms with Gasteiger partial charge in [-0.2, -0.15) is 0 Å². The third-order valence-electron chi connectivity index (χ3n) is 3.66. The van der Waals surface area contributed by atoms with Crippen molar-refractivity contribution in [3.05, 3.63) is 11.6 Å². The molecule has 0 aliphatic heterocycles. The lowest BCUT2D eigenvalue weighted by atomic mass is 9.87. The molecule has 1 saturated carbocycles. The zero-order chi connectivity index (χ0) is 12.7. The van der Waals surface area contributed by atoms with Crippen LogP contribution in [0.4, 0.5) is 0 Å². The van der Waals surface area contributed by atoms with Crippen molar-refractivity contribution in [2.24, 2.45) is 5.92 Å². The zero-order valence-electron chi connectivity index (χ0n) is 11.7. The number of hydrogen-bond donors (Lipinski definition) is 2. The van der Waals surface area contributed by atoms with Gasteiger partial charge in [0.05, 0.1) is 6.10 Å². The molecule has 0 bridgehead atoms. The molecule has 0 aromatic carbocycles. The third kappa shape index (κ3) is 6.85. The summed E-state index contributed by atoms with van der Waals surface area (Å²) in [6.45, 7) is 7.65. The van der Waals surface area contributed by atoms with Crippen molar-refractivity contribution in [2.75, 3.05) is 6.54 Å². The summed E-state index contributed by atoms with van der Waals surface area (Å²) in [5.41, 5.74) is 1.41. The first-order valence-corrected chi connectivity index (χ1v) is 7.12. The van der Waals surface area contributed by atoms with Crippen LogP contribution in [-0.2, 0) is 0 Å². The van der Waals surface area contributed by atoms with E-state index < -0.39 is 0 Å². The first kappa shape index (κ1) is 14.7. The Morgan fingerprint density at radius 1 is 1.41 bits per heavy atom. The quantitative estimate of drug-likeness (QED) is 0.697. The summed E-state index contributed by atoms with van der Waals surface area (Å²) in [5.74, 6) is 0.685. The highest BCUT2D eigenvalue weighted by molar-refractivity contribution is 4.93. The Labute approximate surface area is 106 Å². The van der Waals surface area contributed by atoms with Crippen molar-refractivity contribution >= 4 is 0 Å². The summed E-state index contributed by atoms with van der Waals surface area (Å²) >= 11 is 0. The van der Waals surface area contributed by atoms with Gasteiger partial charge in [-0.25, -0.2) is 0 Å². The van der Waals surface area contributed by atoms with Crippen LogP contribution in [0.2, 0.25) is 0 Å². The van der Waals surface area contributed by atoms with E-state index in [9.17, 15) is 5.11 Å². The van der Waals surface area contributed by atoms with Gasteiger partial charge in [-0.15, -0.1) is 0 Å². The number of hydrogen-bond acceptors (Lipinski definition) is 2. The van der Waals surface area contributed by atoms with Gasteiger partial charge in [0.15, 0.2) is 0 Å². The normalized spacial score (nSPS) is 26.6. The second-order valence-electron chi connectivity index (χ2n) is 5.85. The maximum Gasteiger partial charge on any atom is 0.0543 e. The van der Waals surface area contributed by atoms with E-state index in [1.54, 1.807) is 0 Å². The highest BCUT2D eigenvalue weighted by atomic mass is 16.3. The monoisotopic (exact) mass is 239 g/mol. The van der Waals surface area contributed by atoms with Crippen LogP contribution in [0, 0.1) is 5.92 Å². The number of aliphatic hydroxyl groups excluding tert-OH is 1. The molecule has 100 valence electrons. The second-order valence-corrected chi connectivity index (χ2v) is 5.85. The van der Waals surface area contributed by atoms with Crippen LogP contribution in [0.25, 0.3) is 0 Å². The number of nitrogens with one attached hydrogen (secondary N) is 1. The van der Waals surface area contributed by atoms with Crippen molar-refractivity contribution in [1.29, 1.82) is 0 Å².